The van der Waals surface area contributed by atoms with Gasteiger partial charge < -0.3 is 20.7 Å². The molecule has 16 heavy (non-hydrogen) atoms. The van der Waals surface area contributed by atoms with Gasteiger partial charge in [-0.2, -0.15) is 0 Å². The molecule has 0 aliphatic carbocycles. The van der Waals surface area contributed by atoms with Crippen LogP contribution in [0.15, 0.2) is 0 Å². The van der Waals surface area contributed by atoms with Crippen molar-refractivity contribution < 1.29 is 14.3 Å². The van der Waals surface area contributed by atoms with Gasteiger partial charge in [-0.3, -0.25) is 9.59 Å². The van der Waals surface area contributed by atoms with Crippen LogP contribution in [-0.4, -0.2) is 55.1 Å². The number of hydrogen-bond acceptors (Lipinski definition) is 4. The monoisotopic (exact) mass is 229 g/mol. The number of carbonyl (C=O) groups excluding carboxylic acids is 2. The van der Waals surface area contributed by atoms with E-state index in [1.165, 1.54) is 6.92 Å². The topological polar surface area (TPSA) is 84.7 Å². The molecule has 0 aromatic rings. The van der Waals surface area contributed by atoms with E-state index in [0.717, 1.165) is 0 Å². The highest BCUT2D eigenvalue weighted by Gasteiger charge is 2.26. The quantitative estimate of drug-likeness (QED) is 0.630. The Morgan fingerprint density at radius 2 is 2.31 bits per heavy atom. The second-order valence-electron chi connectivity index (χ2n) is 4.02. The number of ether oxygens (including phenoxy) is 1. The van der Waals surface area contributed by atoms with Gasteiger partial charge in [0.1, 0.15) is 0 Å². The Hall–Kier alpha value is -1.14. The van der Waals surface area contributed by atoms with Crippen LogP contribution in [0.3, 0.4) is 0 Å². The number of carbonyl (C=O) groups is 2. The highest BCUT2D eigenvalue weighted by molar-refractivity contribution is 5.83. The summed E-state index contributed by atoms with van der Waals surface area (Å²) in [4.78, 5) is 24.0. The molecule has 1 saturated heterocycles. The molecule has 92 valence electrons. The van der Waals surface area contributed by atoms with Crippen LogP contribution < -0.4 is 11.1 Å². The average Bonchev–Trinajstić information content (AvgIpc) is 2.26. The largest absolute Gasteiger partial charge is 0.373 e. The Balaban J connectivity index is 2.40. The minimum atomic E-state index is -0.203. The fraction of sp³-hybridized carbons (Fsp3) is 0.800. The summed E-state index contributed by atoms with van der Waals surface area (Å²) in [5.74, 6) is -0.297. The van der Waals surface area contributed by atoms with Gasteiger partial charge in [0.25, 0.3) is 0 Å². The zero-order valence-corrected chi connectivity index (χ0v) is 9.73. The molecule has 1 fully saturated rings. The van der Waals surface area contributed by atoms with Gasteiger partial charge in [-0.15, -0.1) is 0 Å². The molecule has 1 heterocycles. The van der Waals surface area contributed by atoms with Crippen molar-refractivity contribution >= 4 is 11.8 Å². The van der Waals surface area contributed by atoms with Crippen molar-refractivity contribution in [1.29, 1.82) is 0 Å². The van der Waals surface area contributed by atoms with Gasteiger partial charge in [-0.25, -0.2) is 0 Å². The molecule has 2 atom stereocenters. The van der Waals surface area contributed by atoms with Crippen molar-refractivity contribution in [3.8, 4) is 0 Å². The van der Waals surface area contributed by atoms with E-state index in [-0.39, 0.29) is 30.5 Å². The van der Waals surface area contributed by atoms with Crippen molar-refractivity contribution in [2.75, 3.05) is 26.2 Å². The van der Waals surface area contributed by atoms with Crippen LogP contribution in [0.1, 0.15) is 13.8 Å². The first kappa shape index (κ1) is 12.9. The van der Waals surface area contributed by atoms with Gasteiger partial charge in [-0.05, 0) is 6.92 Å². The van der Waals surface area contributed by atoms with Crippen molar-refractivity contribution in [3.63, 3.8) is 0 Å². The van der Waals surface area contributed by atoms with Crippen LogP contribution in [-0.2, 0) is 14.3 Å². The molecule has 0 bridgehead atoms. The Bertz CT molecular complexity index is 268. The summed E-state index contributed by atoms with van der Waals surface area (Å²) in [6.45, 7) is 4.83. The second kappa shape index (κ2) is 5.81. The lowest BCUT2D eigenvalue weighted by atomic mass is 10.1. The molecule has 1 aliphatic rings. The highest BCUT2D eigenvalue weighted by atomic mass is 16.5. The van der Waals surface area contributed by atoms with Gasteiger partial charge in [-0.1, -0.05) is 0 Å². The number of nitrogens with zero attached hydrogens (tertiary/aromatic N) is 1. The number of nitrogens with two attached hydrogens (primary N) is 1. The number of rotatable bonds is 3. The molecule has 0 aromatic heterocycles. The van der Waals surface area contributed by atoms with Gasteiger partial charge in [0, 0.05) is 26.1 Å². The zero-order valence-electron chi connectivity index (χ0n) is 9.73. The lowest BCUT2D eigenvalue weighted by Crippen LogP contribution is -2.53. The number of amides is 2. The molecule has 6 nitrogen and oxygen atoms in total. The van der Waals surface area contributed by atoms with Gasteiger partial charge in [0.15, 0.2) is 0 Å². The van der Waals surface area contributed by atoms with Crippen LogP contribution in [0.25, 0.3) is 0 Å². The predicted molar refractivity (Wildman–Crippen MR) is 58.7 cm³/mol. The SMILES string of the molecule is CC(=O)NCC(=O)N1CCOC(C(C)N)C1. The third-order valence-corrected chi connectivity index (χ3v) is 2.52. The Kier molecular flexibility index (Phi) is 4.70. The first-order chi connectivity index (χ1) is 7.50. The first-order valence-electron chi connectivity index (χ1n) is 5.40. The van der Waals surface area contributed by atoms with E-state index in [0.29, 0.717) is 19.7 Å². The van der Waals surface area contributed by atoms with Crippen LogP contribution in [0.5, 0.6) is 0 Å². The van der Waals surface area contributed by atoms with Crippen molar-refractivity contribution in [3.05, 3.63) is 0 Å². The Morgan fingerprint density at radius 3 is 2.88 bits per heavy atom. The summed E-state index contributed by atoms with van der Waals surface area (Å²) in [6, 6.07) is -0.101. The molecular weight excluding hydrogens is 210 g/mol. The maximum atomic E-state index is 11.7. The minimum absolute atomic E-state index is 0.0427. The van der Waals surface area contributed by atoms with Gasteiger partial charge in [0.05, 0.1) is 19.3 Å². The third kappa shape index (κ3) is 3.79. The molecule has 1 aliphatic heterocycles. The Morgan fingerprint density at radius 1 is 1.62 bits per heavy atom. The highest BCUT2D eigenvalue weighted by Crippen LogP contribution is 2.07. The smallest absolute Gasteiger partial charge is 0.242 e. The van der Waals surface area contributed by atoms with Crippen molar-refractivity contribution in [2.24, 2.45) is 5.73 Å². The summed E-state index contributed by atoms with van der Waals surface area (Å²) in [7, 11) is 0. The second-order valence-corrected chi connectivity index (χ2v) is 4.02. The lowest BCUT2D eigenvalue weighted by molar-refractivity contribution is -0.139. The summed E-state index contributed by atoms with van der Waals surface area (Å²) < 4.78 is 5.44. The summed E-state index contributed by atoms with van der Waals surface area (Å²) in [6.07, 6.45) is -0.116. The van der Waals surface area contributed by atoms with Crippen molar-refractivity contribution in [2.45, 2.75) is 26.0 Å². The van der Waals surface area contributed by atoms with Gasteiger partial charge >= 0.3 is 0 Å². The number of nitrogens with one attached hydrogen (secondary N) is 1. The van der Waals surface area contributed by atoms with Crippen molar-refractivity contribution in [1.82, 2.24) is 10.2 Å². The van der Waals surface area contributed by atoms with E-state index >= 15 is 0 Å². The van der Waals surface area contributed by atoms with Crippen LogP contribution >= 0.6 is 0 Å². The Labute approximate surface area is 95.1 Å². The van der Waals surface area contributed by atoms with E-state index in [1.54, 1.807) is 4.90 Å². The molecular formula is C10H19N3O3. The number of hydrogen-bond donors (Lipinski definition) is 2. The maximum absolute atomic E-state index is 11.7. The van der Waals surface area contributed by atoms with Crippen LogP contribution in [0.2, 0.25) is 0 Å². The lowest BCUT2D eigenvalue weighted by Gasteiger charge is -2.34. The molecule has 1 rings (SSSR count). The van der Waals surface area contributed by atoms with E-state index in [1.807, 2.05) is 6.92 Å². The standard InChI is InChI=1S/C10H19N3O3/c1-7(11)9-6-13(3-4-16-9)10(15)5-12-8(2)14/h7,9H,3-6,11H2,1-2H3,(H,12,14). The molecule has 2 unspecified atom stereocenters. The zero-order chi connectivity index (χ0) is 12.1. The molecule has 0 radical (unpaired) electrons. The summed E-state index contributed by atoms with van der Waals surface area (Å²) >= 11 is 0. The first-order valence-corrected chi connectivity index (χ1v) is 5.40. The normalized spacial score (nSPS) is 22.7. The summed E-state index contributed by atoms with van der Waals surface area (Å²) in [5.41, 5.74) is 5.72. The minimum Gasteiger partial charge on any atom is -0.373 e. The van der Waals surface area contributed by atoms with E-state index in [4.69, 9.17) is 10.5 Å². The molecule has 2 amide bonds. The van der Waals surface area contributed by atoms with Crippen LogP contribution in [0, 0.1) is 0 Å². The molecule has 0 spiro atoms. The third-order valence-electron chi connectivity index (χ3n) is 2.52. The maximum Gasteiger partial charge on any atom is 0.242 e. The van der Waals surface area contributed by atoms with Gasteiger partial charge in [0.2, 0.25) is 11.8 Å². The molecule has 3 N–H and O–H groups in total. The van der Waals surface area contributed by atoms with E-state index in [2.05, 4.69) is 5.32 Å². The average molecular weight is 229 g/mol. The van der Waals surface area contributed by atoms with E-state index < -0.39 is 0 Å². The molecule has 0 aromatic carbocycles. The predicted octanol–water partition coefficient (Wildman–Crippen LogP) is -1.30. The molecule has 0 saturated carbocycles. The fourth-order valence-electron chi connectivity index (χ4n) is 1.53. The molecule has 6 heteroatoms. The fourth-order valence-corrected chi connectivity index (χ4v) is 1.53. The van der Waals surface area contributed by atoms with Crippen LogP contribution in [0.4, 0.5) is 0 Å². The number of morpholine rings is 1. The summed E-state index contributed by atoms with van der Waals surface area (Å²) in [5, 5.41) is 2.48. The van der Waals surface area contributed by atoms with E-state index in [9.17, 15) is 9.59 Å².